The zero-order valence-corrected chi connectivity index (χ0v) is 10.2. The maximum absolute atomic E-state index is 12.0. The number of alkyl halides is 3. The van der Waals surface area contributed by atoms with Crippen LogP contribution in [0.15, 0.2) is 23.8 Å². The van der Waals surface area contributed by atoms with Gasteiger partial charge in [-0.25, -0.2) is 0 Å². The Morgan fingerprint density at radius 2 is 1.88 bits per heavy atom. The maximum atomic E-state index is 12.0. The van der Waals surface area contributed by atoms with Crippen LogP contribution < -0.4 is 0 Å². The molecule has 1 atom stereocenters. The molecular weight excluding hydrogens is 213 g/mol. The fourth-order valence-corrected chi connectivity index (χ4v) is 0.985. The summed E-state index contributed by atoms with van der Waals surface area (Å²) in [5.41, 5.74) is -0.653. The van der Waals surface area contributed by atoms with Crippen molar-refractivity contribution in [3.63, 3.8) is 0 Å². The van der Waals surface area contributed by atoms with Crippen LogP contribution in [0.3, 0.4) is 0 Å². The van der Waals surface area contributed by atoms with Gasteiger partial charge in [0.2, 0.25) is 0 Å². The fourth-order valence-electron chi connectivity index (χ4n) is 0.985. The molecule has 0 aromatic heterocycles. The standard InChI is InChI=1S/C8H9F3.C5H10/c1-4-6(3)7(5-2)8(9,10)11;1-3-5-4-2/h1,5-6H,2-3H3;3,5H,4H2,1-2H3/b7-5+;5-3-. The van der Waals surface area contributed by atoms with Crippen LogP contribution in [0.2, 0.25) is 0 Å². The first kappa shape index (κ1) is 17.2. The van der Waals surface area contributed by atoms with Crippen molar-refractivity contribution in [1.29, 1.82) is 0 Å². The Bertz CT molecular complexity index is 264. The molecular formula is C13H19F3. The highest BCUT2D eigenvalue weighted by atomic mass is 19.4. The Morgan fingerprint density at radius 3 is 1.94 bits per heavy atom. The average Bonchev–Trinajstić information content (AvgIpc) is 2.18. The van der Waals surface area contributed by atoms with Crippen molar-refractivity contribution in [2.75, 3.05) is 0 Å². The smallest absolute Gasteiger partial charge is 0.166 e. The molecule has 0 aliphatic heterocycles. The summed E-state index contributed by atoms with van der Waals surface area (Å²) in [6, 6.07) is 0. The normalized spacial score (nSPS) is 14.0. The van der Waals surface area contributed by atoms with Gasteiger partial charge in [-0.3, -0.25) is 0 Å². The Labute approximate surface area is 96.2 Å². The molecule has 0 radical (unpaired) electrons. The lowest BCUT2D eigenvalue weighted by atomic mass is 10.0. The van der Waals surface area contributed by atoms with Crippen molar-refractivity contribution in [1.82, 2.24) is 0 Å². The molecule has 0 aliphatic carbocycles. The molecule has 0 N–H and O–H groups in total. The lowest BCUT2D eigenvalue weighted by Crippen LogP contribution is -2.16. The number of hydrogen-bond donors (Lipinski definition) is 0. The summed E-state index contributed by atoms with van der Waals surface area (Å²) in [6.45, 7) is 6.84. The van der Waals surface area contributed by atoms with E-state index in [-0.39, 0.29) is 0 Å². The molecule has 0 heterocycles. The fraction of sp³-hybridized carbons (Fsp3) is 0.538. The van der Waals surface area contributed by atoms with Crippen molar-refractivity contribution >= 4 is 0 Å². The molecule has 0 aromatic rings. The molecule has 0 fully saturated rings. The maximum Gasteiger partial charge on any atom is 0.413 e. The van der Waals surface area contributed by atoms with E-state index in [2.05, 4.69) is 19.1 Å². The van der Waals surface area contributed by atoms with E-state index in [1.807, 2.05) is 12.8 Å². The van der Waals surface area contributed by atoms with Crippen LogP contribution in [-0.4, -0.2) is 6.18 Å². The van der Waals surface area contributed by atoms with Gasteiger partial charge in [-0.2, -0.15) is 13.2 Å². The summed E-state index contributed by atoms with van der Waals surface area (Å²) in [7, 11) is 0. The molecule has 0 saturated carbocycles. The minimum atomic E-state index is -4.29. The molecule has 0 amide bonds. The van der Waals surface area contributed by atoms with Gasteiger partial charge in [-0.15, -0.1) is 6.42 Å². The first-order chi connectivity index (χ1) is 7.34. The summed E-state index contributed by atoms with van der Waals surface area (Å²) in [6.07, 6.45) is 6.91. The minimum absolute atomic E-state index is 0.653. The highest BCUT2D eigenvalue weighted by Gasteiger charge is 2.35. The molecule has 0 aliphatic rings. The zero-order chi connectivity index (χ0) is 13.2. The topological polar surface area (TPSA) is 0 Å². The lowest BCUT2D eigenvalue weighted by molar-refractivity contribution is -0.0963. The minimum Gasteiger partial charge on any atom is -0.166 e. The largest absolute Gasteiger partial charge is 0.413 e. The predicted molar refractivity (Wildman–Crippen MR) is 62.9 cm³/mol. The van der Waals surface area contributed by atoms with E-state index in [9.17, 15) is 13.2 Å². The third-order valence-corrected chi connectivity index (χ3v) is 1.83. The van der Waals surface area contributed by atoms with Gasteiger partial charge in [0, 0.05) is 11.5 Å². The summed E-state index contributed by atoms with van der Waals surface area (Å²) in [4.78, 5) is 0. The van der Waals surface area contributed by atoms with E-state index < -0.39 is 17.7 Å². The molecule has 0 nitrogen and oxygen atoms in total. The Hall–Kier alpha value is -1.17. The Kier molecular flexibility index (Phi) is 9.78. The van der Waals surface area contributed by atoms with Crippen LogP contribution in [0.1, 0.15) is 34.1 Å². The molecule has 0 spiro atoms. The zero-order valence-electron chi connectivity index (χ0n) is 10.2. The molecule has 0 aromatic carbocycles. The number of terminal acetylenes is 1. The summed E-state index contributed by atoms with van der Waals surface area (Å²) >= 11 is 0. The number of rotatable bonds is 2. The van der Waals surface area contributed by atoms with Gasteiger partial charge >= 0.3 is 6.18 Å². The molecule has 0 saturated heterocycles. The van der Waals surface area contributed by atoms with Crippen molar-refractivity contribution in [3.8, 4) is 12.3 Å². The number of hydrogen-bond acceptors (Lipinski definition) is 0. The van der Waals surface area contributed by atoms with Gasteiger partial charge in [0.05, 0.1) is 0 Å². The van der Waals surface area contributed by atoms with E-state index >= 15 is 0 Å². The number of halogens is 3. The SMILES string of the molecule is C#CC(C)/C(=C\C)C(F)(F)F.C/C=C\CC. The van der Waals surface area contributed by atoms with Crippen molar-refractivity contribution in [2.24, 2.45) is 5.92 Å². The van der Waals surface area contributed by atoms with Gasteiger partial charge in [0.25, 0.3) is 0 Å². The first-order valence-electron chi connectivity index (χ1n) is 5.15. The van der Waals surface area contributed by atoms with Crippen LogP contribution >= 0.6 is 0 Å². The summed E-state index contributed by atoms with van der Waals surface area (Å²) < 4.78 is 36.0. The van der Waals surface area contributed by atoms with E-state index in [0.717, 1.165) is 12.5 Å². The van der Waals surface area contributed by atoms with E-state index in [4.69, 9.17) is 6.42 Å². The second-order valence-corrected chi connectivity index (χ2v) is 3.11. The van der Waals surface area contributed by atoms with Gasteiger partial charge in [-0.05, 0) is 27.2 Å². The van der Waals surface area contributed by atoms with Gasteiger partial charge in [0.15, 0.2) is 0 Å². The average molecular weight is 232 g/mol. The van der Waals surface area contributed by atoms with Crippen molar-refractivity contribution < 1.29 is 13.2 Å². The molecule has 3 heteroatoms. The van der Waals surface area contributed by atoms with Crippen molar-refractivity contribution in [2.45, 2.75) is 40.3 Å². The van der Waals surface area contributed by atoms with E-state index in [0.29, 0.717) is 0 Å². The van der Waals surface area contributed by atoms with Crippen LogP contribution in [0.4, 0.5) is 13.2 Å². The predicted octanol–water partition coefficient (Wildman–Crippen LogP) is 4.74. The Balaban J connectivity index is 0. The molecule has 0 rings (SSSR count). The summed E-state index contributed by atoms with van der Waals surface area (Å²) in [5.74, 6) is 1.17. The highest BCUT2D eigenvalue weighted by molar-refractivity contribution is 5.19. The Morgan fingerprint density at radius 1 is 1.38 bits per heavy atom. The lowest BCUT2D eigenvalue weighted by Gasteiger charge is -2.13. The van der Waals surface area contributed by atoms with Gasteiger partial charge in [-0.1, -0.05) is 31.1 Å². The monoisotopic (exact) mass is 232 g/mol. The van der Waals surface area contributed by atoms with E-state index in [1.54, 1.807) is 0 Å². The van der Waals surface area contributed by atoms with Crippen LogP contribution in [0.5, 0.6) is 0 Å². The summed E-state index contributed by atoms with van der Waals surface area (Å²) in [5, 5.41) is 0. The quantitative estimate of drug-likeness (QED) is 0.476. The second kappa shape index (κ2) is 9.08. The van der Waals surface area contributed by atoms with Gasteiger partial charge < -0.3 is 0 Å². The highest BCUT2D eigenvalue weighted by Crippen LogP contribution is 2.30. The van der Waals surface area contributed by atoms with E-state index in [1.165, 1.54) is 13.8 Å². The third kappa shape index (κ3) is 8.16. The molecule has 1 unspecified atom stereocenters. The molecule has 0 bridgehead atoms. The molecule has 92 valence electrons. The van der Waals surface area contributed by atoms with Gasteiger partial charge in [0.1, 0.15) is 0 Å². The second-order valence-electron chi connectivity index (χ2n) is 3.11. The number of allylic oxidation sites excluding steroid dienone is 4. The third-order valence-electron chi connectivity index (χ3n) is 1.83. The first-order valence-corrected chi connectivity index (χ1v) is 5.15. The van der Waals surface area contributed by atoms with Crippen molar-refractivity contribution in [3.05, 3.63) is 23.8 Å². The van der Waals surface area contributed by atoms with Crippen LogP contribution in [0, 0.1) is 18.3 Å². The van der Waals surface area contributed by atoms with Crippen LogP contribution in [-0.2, 0) is 0 Å². The van der Waals surface area contributed by atoms with Crippen LogP contribution in [0.25, 0.3) is 0 Å². The molecule has 16 heavy (non-hydrogen) atoms.